The molecule has 1 saturated heterocycles. The lowest BCUT2D eigenvalue weighted by atomic mass is 9.72. The van der Waals surface area contributed by atoms with Gasteiger partial charge < -0.3 is 30.3 Å². The van der Waals surface area contributed by atoms with Crippen molar-refractivity contribution in [1.82, 2.24) is 20.9 Å². The molecule has 0 spiro atoms. The molecule has 37 heavy (non-hydrogen) atoms. The molecular formula is C28H45ClN4O4. The Balaban J connectivity index is 1.64. The number of likely N-dealkylation sites (N-methyl/N-ethyl adjacent to an activating group) is 1. The van der Waals surface area contributed by atoms with Gasteiger partial charge in [0, 0.05) is 43.2 Å². The fourth-order valence-electron chi connectivity index (χ4n) is 5.93. The van der Waals surface area contributed by atoms with Crippen molar-refractivity contribution in [3.05, 3.63) is 34.9 Å². The van der Waals surface area contributed by atoms with E-state index >= 15 is 0 Å². The second-order valence-corrected chi connectivity index (χ2v) is 11.3. The Labute approximate surface area is 227 Å². The van der Waals surface area contributed by atoms with Crippen LogP contribution in [0.15, 0.2) is 24.3 Å². The highest BCUT2D eigenvalue weighted by atomic mass is 35.5. The van der Waals surface area contributed by atoms with Gasteiger partial charge in [0.15, 0.2) is 0 Å². The van der Waals surface area contributed by atoms with Crippen LogP contribution >= 0.6 is 11.6 Å². The number of nitrogens with zero attached hydrogens (tertiary/aromatic N) is 1. The number of halogens is 1. The van der Waals surface area contributed by atoms with Gasteiger partial charge in [-0.3, -0.25) is 0 Å². The fourth-order valence-corrected chi connectivity index (χ4v) is 6.13. The molecule has 1 heterocycles. The van der Waals surface area contributed by atoms with E-state index in [9.17, 15) is 9.59 Å². The van der Waals surface area contributed by atoms with Gasteiger partial charge in [0.1, 0.15) is 0 Å². The van der Waals surface area contributed by atoms with Gasteiger partial charge >= 0.3 is 12.1 Å². The molecule has 2 aliphatic rings. The van der Waals surface area contributed by atoms with Crippen LogP contribution in [0.1, 0.15) is 70.0 Å². The number of ether oxygens (including phenoxy) is 2. The highest BCUT2D eigenvalue weighted by Gasteiger charge is 2.34. The lowest BCUT2D eigenvalue weighted by Gasteiger charge is -2.39. The molecule has 1 aliphatic heterocycles. The first-order valence-corrected chi connectivity index (χ1v) is 14.1. The molecule has 3 amide bonds. The molecule has 1 saturated carbocycles. The number of carbonyl (C=O) groups excluding carboxylic acids is 2. The van der Waals surface area contributed by atoms with Gasteiger partial charge in [-0.05, 0) is 62.3 Å². The molecule has 1 aromatic rings. The van der Waals surface area contributed by atoms with E-state index in [-0.39, 0.29) is 24.1 Å². The molecule has 1 aromatic carbocycles. The first-order valence-electron chi connectivity index (χ1n) is 13.7. The van der Waals surface area contributed by atoms with Crippen molar-refractivity contribution in [2.24, 2.45) is 11.3 Å². The number of rotatable bonds is 11. The molecule has 208 valence electrons. The number of methoxy groups -OCH3 is 1. The third-order valence-corrected chi connectivity index (χ3v) is 8.02. The summed E-state index contributed by atoms with van der Waals surface area (Å²) in [5.74, 6) is 0.120. The molecule has 0 bridgehead atoms. The second-order valence-electron chi connectivity index (χ2n) is 10.9. The Kier molecular flexibility index (Phi) is 11.8. The number of piperidine rings is 1. The number of hydrogen-bond acceptors (Lipinski definition) is 5. The Bertz CT molecular complexity index is 864. The molecule has 3 N–H and O–H groups in total. The number of likely N-dealkylation sites (tertiary alicyclic amines) is 1. The zero-order chi connectivity index (χ0) is 26.7. The van der Waals surface area contributed by atoms with E-state index in [1.165, 1.54) is 39.2 Å². The summed E-state index contributed by atoms with van der Waals surface area (Å²) in [6.45, 7) is 5.15. The van der Waals surface area contributed by atoms with Gasteiger partial charge in [0.05, 0.1) is 19.8 Å². The zero-order valence-corrected chi connectivity index (χ0v) is 23.4. The van der Waals surface area contributed by atoms with Crippen molar-refractivity contribution < 1.29 is 19.1 Å². The molecule has 1 aliphatic carbocycles. The Morgan fingerprint density at radius 2 is 2.00 bits per heavy atom. The average Bonchev–Trinajstić information content (AvgIpc) is 2.89. The summed E-state index contributed by atoms with van der Waals surface area (Å²) in [7, 11) is 3.28. The molecule has 3 rings (SSSR count). The van der Waals surface area contributed by atoms with E-state index in [2.05, 4.69) is 27.6 Å². The Morgan fingerprint density at radius 1 is 1.22 bits per heavy atom. The summed E-state index contributed by atoms with van der Waals surface area (Å²) in [5, 5.41) is 9.92. The Hall–Kier alpha value is -2.03. The van der Waals surface area contributed by atoms with Gasteiger partial charge in [-0.15, -0.1) is 0 Å². The predicted molar refractivity (Wildman–Crippen MR) is 147 cm³/mol. The third kappa shape index (κ3) is 9.34. The second kappa shape index (κ2) is 14.8. The smallest absolute Gasteiger partial charge is 0.406 e. The van der Waals surface area contributed by atoms with Crippen molar-refractivity contribution >= 4 is 23.7 Å². The average molecular weight is 537 g/mol. The maximum atomic E-state index is 13.4. The highest BCUT2D eigenvalue weighted by Crippen LogP contribution is 2.39. The van der Waals surface area contributed by atoms with Crippen LogP contribution in [0.3, 0.4) is 0 Å². The summed E-state index contributed by atoms with van der Waals surface area (Å²) < 4.78 is 10.9. The van der Waals surface area contributed by atoms with Crippen LogP contribution in [-0.4, -0.2) is 70.0 Å². The third-order valence-electron chi connectivity index (χ3n) is 7.78. The Morgan fingerprint density at radius 3 is 2.70 bits per heavy atom. The highest BCUT2D eigenvalue weighted by molar-refractivity contribution is 6.30. The summed E-state index contributed by atoms with van der Waals surface area (Å²) >= 11 is 6.30. The lowest BCUT2D eigenvalue weighted by molar-refractivity contribution is -0.00870. The van der Waals surface area contributed by atoms with Gasteiger partial charge in [-0.25, -0.2) is 9.59 Å². The SMILES string of the molecule is CNC[C@H](CC1(C)CCCCC1)NC(=O)N1CCC[C@@H]([C@@H](OCCNC(=O)OC)c2cccc(Cl)c2)C1. The standard InChI is InChI=1S/C28H45ClN4O4/c1-28(12-5-4-6-13-28)18-24(19-30-2)32-26(34)33-15-8-10-22(20-33)25(21-9-7-11-23(29)17-21)37-16-14-31-27(35)36-3/h7,9,11,17,22,24-25,30H,4-6,8,10,12-16,18-20H2,1-3H3,(H,31,35)(H,32,34)/t22-,24+,25+/m1/s1. The molecule has 8 nitrogen and oxygen atoms in total. The van der Waals surface area contributed by atoms with Gasteiger partial charge in [-0.2, -0.15) is 0 Å². The molecular weight excluding hydrogens is 492 g/mol. The number of benzene rings is 1. The maximum Gasteiger partial charge on any atom is 0.406 e. The lowest BCUT2D eigenvalue weighted by Crippen LogP contribution is -2.52. The van der Waals surface area contributed by atoms with E-state index in [4.69, 9.17) is 16.3 Å². The summed E-state index contributed by atoms with van der Waals surface area (Å²) in [4.78, 5) is 26.8. The van der Waals surface area contributed by atoms with Crippen molar-refractivity contribution in [2.75, 3.05) is 46.9 Å². The van der Waals surface area contributed by atoms with Crippen LogP contribution in [0, 0.1) is 11.3 Å². The predicted octanol–water partition coefficient (Wildman–Crippen LogP) is 5.12. The first kappa shape index (κ1) is 29.5. The van der Waals surface area contributed by atoms with Crippen molar-refractivity contribution in [3.63, 3.8) is 0 Å². The number of nitrogens with one attached hydrogen (secondary N) is 3. The maximum absolute atomic E-state index is 13.4. The van der Waals surface area contributed by atoms with E-state index in [0.29, 0.717) is 30.1 Å². The van der Waals surface area contributed by atoms with Crippen LogP contribution in [0.4, 0.5) is 9.59 Å². The number of alkyl carbamates (subject to hydrolysis) is 1. The van der Waals surface area contributed by atoms with E-state index in [1.54, 1.807) is 0 Å². The first-order chi connectivity index (χ1) is 17.8. The topological polar surface area (TPSA) is 91.9 Å². The molecule has 3 atom stereocenters. The minimum absolute atomic E-state index is 0.00145. The van der Waals surface area contributed by atoms with Crippen LogP contribution in [-0.2, 0) is 9.47 Å². The number of carbonyl (C=O) groups is 2. The van der Waals surface area contributed by atoms with Gasteiger partial charge in [0.2, 0.25) is 0 Å². The number of urea groups is 1. The molecule has 9 heteroatoms. The number of hydrogen-bond donors (Lipinski definition) is 3. The van der Waals surface area contributed by atoms with Crippen LogP contribution in [0.25, 0.3) is 0 Å². The van der Waals surface area contributed by atoms with Gasteiger partial charge in [-0.1, -0.05) is 49.9 Å². The summed E-state index contributed by atoms with van der Waals surface area (Å²) in [6.07, 6.45) is 8.49. The molecule has 0 aromatic heterocycles. The summed E-state index contributed by atoms with van der Waals surface area (Å²) in [6, 6.07) is 7.80. The van der Waals surface area contributed by atoms with E-state index in [0.717, 1.165) is 37.9 Å². The van der Waals surface area contributed by atoms with Crippen molar-refractivity contribution in [1.29, 1.82) is 0 Å². The van der Waals surface area contributed by atoms with E-state index < -0.39 is 6.09 Å². The largest absolute Gasteiger partial charge is 0.453 e. The molecule has 2 fully saturated rings. The summed E-state index contributed by atoms with van der Waals surface area (Å²) in [5.41, 5.74) is 1.28. The molecule has 0 unspecified atom stereocenters. The van der Waals surface area contributed by atoms with Crippen molar-refractivity contribution in [3.8, 4) is 0 Å². The van der Waals surface area contributed by atoms with Crippen LogP contribution < -0.4 is 16.0 Å². The van der Waals surface area contributed by atoms with Crippen LogP contribution in [0.2, 0.25) is 5.02 Å². The van der Waals surface area contributed by atoms with Crippen molar-refractivity contribution in [2.45, 2.75) is 70.4 Å². The van der Waals surface area contributed by atoms with E-state index in [1.807, 2.05) is 36.2 Å². The fraction of sp³-hybridized carbons (Fsp3) is 0.714. The molecule has 0 radical (unpaired) electrons. The minimum Gasteiger partial charge on any atom is -0.453 e. The monoisotopic (exact) mass is 536 g/mol. The quantitative estimate of drug-likeness (QED) is 0.341. The zero-order valence-electron chi connectivity index (χ0n) is 22.7. The minimum atomic E-state index is -0.485. The number of amides is 3. The normalized spacial score (nSPS) is 21.1. The van der Waals surface area contributed by atoms with Gasteiger partial charge in [0.25, 0.3) is 0 Å². The van der Waals surface area contributed by atoms with Crippen LogP contribution in [0.5, 0.6) is 0 Å².